The fourth-order valence-corrected chi connectivity index (χ4v) is 2.70. The third kappa shape index (κ3) is 2.59. The van der Waals surface area contributed by atoms with E-state index in [4.69, 9.17) is 9.47 Å². The summed E-state index contributed by atoms with van der Waals surface area (Å²) in [5, 5.41) is 3.00. The number of amides is 1. The van der Waals surface area contributed by atoms with Crippen molar-refractivity contribution in [3.05, 3.63) is 18.2 Å². The maximum absolute atomic E-state index is 11.1. The Bertz CT molecular complexity index is 490. The van der Waals surface area contributed by atoms with Gasteiger partial charge >= 0.3 is 0 Å². The summed E-state index contributed by atoms with van der Waals surface area (Å²) in [6.07, 6.45) is 2.13. The number of hydrogen-bond donors (Lipinski definition) is 1. The molecule has 1 aromatic carbocycles. The average molecular weight is 262 g/mol. The van der Waals surface area contributed by atoms with E-state index < -0.39 is 0 Å². The van der Waals surface area contributed by atoms with E-state index >= 15 is 0 Å². The Balaban J connectivity index is 1.72. The van der Waals surface area contributed by atoms with Gasteiger partial charge in [-0.2, -0.15) is 0 Å². The number of anilines is 1. The van der Waals surface area contributed by atoms with Crippen LogP contribution in [0.4, 0.5) is 5.69 Å². The molecular weight excluding hydrogens is 244 g/mol. The van der Waals surface area contributed by atoms with Gasteiger partial charge in [0.2, 0.25) is 12.7 Å². The van der Waals surface area contributed by atoms with Gasteiger partial charge in [0.25, 0.3) is 0 Å². The molecule has 0 aliphatic carbocycles. The van der Waals surface area contributed by atoms with Crippen molar-refractivity contribution < 1.29 is 14.3 Å². The number of hydrogen-bond acceptors (Lipinski definition) is 4. The third-order valence-corrected chi connectivity index (χ3v) is 3.55. The topological polar surface area (TPSA) is 50.8 Å². The second-order valence-corrected chi connectivity index (χ2v) is 5.02. The SMILES string of the molecule is CC(=O)NC1CCCN(c2ccc3c(c2)OCO3)C1. The molecule has 1 N–H and O–H groups in total. The zero-order valence-electron chi connectivity index (χ0n) is 11.0. The van der Waals surface area contributed by atoms with Crippen LogP contribution in [-0.2, 0) is 4.79 Å². The summed E-state index contributed by atoms with van der Waals surface area (Å²) in [4.78, 5) is 13.4. The molecule has 1 unspecified atom stereocenters. The minimum atomic E-state index is 0.0394. The van der Waals surface area contributed by atoms with Crippen LogP contribution in [-0.4, -0.2) is 31.8 Å². The Morgan fingerprint density at radius 3 is 3.05 bits per heavy atom. The van der Waals surface area contributed by atoms with Crippen molar-refractivity contribution >= 4 is 11.6 Å². The first-order chi connectivity index (χ1) is 9.22. The highest BCUT2D eigenvalue weighted by Crippen LogP contribution is 2.36. The van der Waals surface area contributed by atoms with Gasteiger partial charge in [0.15, 0.2) is 11.5 Å². The molecule has 2 aliphatic heterocycles. The van der Waals surface area contributed by atoms with E-state index in [0.717, 1.165) is 43.1 Å². The maximum Gasteiger partial charge on any atom is 0.231 e. The quantitative estimate of drug-likeness (QED) is 0.878. The summed E-state index contributed by atoms with van der Waals surface area (Å²) in [5.74, 6) is 1.65. The minimum absolute atomic E-state index is 0.0394. The summed E-state index contributed by atoms with van der Waals surface area (Å²) in [6, 6.07) is 6.23. The molecule has 1 aromatic rings. The summed E-state index contributed by atoms with van der Waals surface area (Å²) >= 11 is 0. The molecule has 1 saturated heterocycles. The van der Waals surface area contributed by atoms with E-state index in [1.807, 2.05) is 18.2 Å². The van der Waals surface area contributed by atoms with Gasteiger partial charge in [-0.05, 0) is 25.0 Å². The van der Waals surface area contributed by atoms with Crippen LogP contribution in [0.25, 0.3) is 0 Å². The van der Waals surface area contributed by atoms with Gasteiger partial charge in [-0.1, -0.05) is 0 Å². The maximum atomic E-state index is 11.1. The van der Waals surface area contributed by atoms with Gasteiger partial charge < -0.3 is 19.7 Å². The largest absolute Gasteiger partial charge is 0.454 e. The van der Waals surface area contributed by atoms with E-state index in [1.165, 1.54) is 0 Å². The van der Waals surface area contributed by atoms with Crippen LogP contribution in [0.2, 0.25) is 0 Å². The Hall–Kier alpha value is -1.91. The van der Waals surface area contributed by atoms with E-state index in [-0.39, 0.29) is 11.9 Å². The lowest BCUT2D eigenvalue weighted by Crippen LogP contribution is -2.47. The minimum Gasteiger partial charge on any atom is -0.454 e. The number of ether oxygens (including phenoxy) is 2. The number of rotatable bonds is 2. The normalized spacial score (nSPS) is 21.3. The first kappa shape index (κ1) is 12.1. The van der Waals surface area contributed by atoms with Gasteiger partial charge in [-0.15, -0.1) is 0 Å². The van der Waals surface area contributed by atoms with E-state index in [2.05, 4.69) is 10.2 Å². The van der Waals surface area contributed by atoms with Gasteiger partial charge in [0, 0.05) is 37.8 Å². The predicted octanol–water partition coefficient (Wildman–Crippen LogP) is 1.52. The van der Waals surface area contributed by atoms with Crippen molar-refractivity contribution in [2.75, 3.05) is 24.8 Å². The molecule has 1 atom stereocenters. The molecule has 0 radical (unpaired) electrons. The number of carbonyl (C=O) groups is 1. The van der Waals surface area contributed by atoms with Crippen LogP contribution < -0.4 is 19.7 Å². The van der Waals surface area contributed by atoms with Gasteiger partial charge in [-0.25, -0.2) is 0 Å². The molecule has 1 amide bonds. The second kappa shape index (κ2) is 4.99. The summed E-state index contributed by atoms with van der Waals surface area (Å²) in [7, 11) is 0. The zero-order valence-corrected chi connectivity index (χ0v) is 11.0. The lowest BCUT2D eigenvalue weighted by Gasteiger charge is -2.34. The molecule has 5 nitrogen and oxygen atoms in total. The number of fused-ring (bicyclic) bond motifs is 1. The lowest BCUT2D eigenvalue weighted by molar-refractivity contribution is -0.119. The summed E-state index contributed by atoms with van der Waals surface area (Å²) in [6.45, 7) is 3.72. The average Bonchev–Trinajstić information content (AvgIpc) is 2.85. The van der Waals surface area contributed by atoms with Gasteiger partial charge in [0.05, 0.1) is 0 Å². The van der Waals surface area contributed by atoms with Gasteiger partial charge in [-0.3, -0.25) is 4.79 Å². The van der Waals surface area contributed by atoms with Crippen molar-refractivity contribution in [1.82, 2.24) is 5.32 Å². The molecule has 0 saturated carbocycles. The monoisotopic (exact) mass is 262 g/mol. The van der Waals surface area contributed by atoms with Crippen molar-refractivity contribution in [2.45, 2.75) is 25.8 Å². The molecule has 3 rings (SSSR count). The molecule has 0 spiro atoms. The number of carbonyl (C=O) groups excluding carboxylic acids is 1. The Labute approximate surface area is 112 Å². The predicted molar refractivity (Wildman–Crippen MR) is 71.6 cm³/mol. The van der Waals surface area contributed by atoms with E-state index in [0.29, 0.717) is 6.79 Å². The highest BCUT2D eigenvalue weighted by atomic mass is 16.7. The second-order valence-electron chi connectivity index (χ2n) is 5.02. The van der Waals surface area contributed by atoms with Crippen LogP contribution in [0.15, 0.2) is 18.2 Å². The van der Waals surface area contributed by atoms with E-state index in [1.54, 1.807) is 6.92 Å². The van der Waals surface area contributed by atoms with Crippen LogP contribution in [0.3, 0.4) is 0 Å². The molecule has 2 aliphatic rings. The van der Waals surface area contributed by atoms with Crippen LogP contribution in [0.1, 0.15) is 19.8 Å². The molecule has 1 fully saturated rings. The van der Waals surface area contributed by atoms with Crippen LogP contribution in [0, 0.1) is 0 Å². The van der Waals surface area contributed by atoms with Crippen LogP contribution in [0.5, 0.6) is 11.5 Å². The van der Waals surface area contributed by atoms with Crippen molar-refractivity contribution in [2.24, 2.45) is 0 Å². The van der Waals surface area contributed by atoms with Crippen molar-refractivity contribution in [3.63, 3.8) is 0 Å². The number of benzene rings is 1. The smallest absolute Gasteiger partial charge is 0.231 e. The summed E-state index contributed by atoms with van der Waals surface area (Å²) in [5.41, 5.74) is 1.12. The molecule has 5 heteroatoms. The Kier molecular flexibility index (Phi) is 3.19. The molecule has 0 bridgehead atoms. The Morgan fingerprint density at radius 1 is 1.37 bits per heavy atom. The van der Waals surface area contributed by atoms with Crippen molar-refractivity contribution in [1.29, 1.82) is 0 Å². The molecule has 0 aromatic heterocycles. The standard InChI is InChI=1S/C14H18N2O3/c1-10(17)15-11-3-2-6-16(8-11)12-4-5-13-14(7-12)19-9-18-13/h4-5,7,11H,2-3,6,8-9H2,1H3,(H,15,17). The lowest BCUT2D eigenvalue weighted by atomic mass is 10.0. The fraction of sp³-hybridized carbons (Fsp3) is 0.500. The Morgan fingerprint density at radius 2 is 2.21 bits per heavy atom. The fourth-order valence-electron chi connectivity index (χ4n) is 2.70. The first-order valence-electron chi connectivity index (χ1n) is 6.64. The van der Waals surface area contributed by atoms with Crippen LogP contribution >= 0.6 is 0 Å². The van der Waals surface area contributed by atoms with Gasteiger partial charge in [0.1, 0.15) is 0 Å². The highest BCUT2D eigenvalue weighted by Gasteiger charge is 2.22. The first-order valence-corrected chi connectivity index (χ1v) is 6.64. The molecule has 19 heavy (non-hydrogen) atoms. The number of piperidine rings is 1. The molecule has 2 heterocycles. The van der Waals surface area contributed by atoms with E-state index in [9.17, 15) is 4.79 Å². The zero-order chi connectivity index (χ0) is 13.2. The highest BCUT2D eigenvalue weighted by molar-refractivity contribution is 5.73. The molecule has 102 valence electrons. The molecular formula is C14H18N2O3. The third-order valence-electron chi connectivity index (χ3n) is 3.55. The van der Waals surface area contributed by atoms with Crippen molar-refractivity contribution in [3.8, 4) is 11.5 Å². The number of nitrogens with zero attached hydrogens (tertiary/aromatic N) is 1. The number of nitrogens with one attached hydrogen (secondary N) is 1. The summed E-state index contributed by atoms with van der Waals surface area (Å²) < 4.78 is 10.7.